The zero-order chi connectivity index (χ0) is 31.3. The molecule has 3 saturated carbocycles. The van der Waals surface area contributed by atoms with Crippen molar-refractivity contribution in [1.29, 1.82) is 0 Å². The van der Waals surface area contributed by atoms with Crippen LogP contribution in [0.1, 0.15) is 105 Å². The molecular weight excluding hydrogens is 571 g/mol. The lowest BCUT2D eigenvalue weighted by molar-refractivity contribution is -0.312. The van der Waals surface area contributed by atoms with Crippen LogP contribution in [0.3, 0.4) is 0 Å². The molecule has 1 saturated heterocycles. The first-order valence-corrected chi connectivity index (χ1v) is 18.4. The third-order valence-corrected chi connectivity index (χ3v) is 13.1. The van der Waals surface area contributed by atoms with Crippen LogP contribution in [-0.4, -0.2) is 68.5 Å². The number of fused-ring (bicyclic) bond motifs is 5. The lowest BCUT2D eigenvalue weighted by atomic mass is 9.47. The van der Waals surface area contributed by atoms with Gasteiger partial charge in [0.25, 0.3) is 0 Å². The largest absolute Gasteiger partial charge is 0.469 e. The molecule has 43 heavy (non-hydrogen) atoms. The quantitative estimate of drug-likeness (QED) is 0.160. The van der Waals surface area contributed by atoms with E-state index in [-0.39, 0.29) is 11.5 Å². The van der Waals surface area contributed by atoms with Crippen LogP contribution in [-0.2, 0) is 18.6 Å². The number of aliphatic hydroxyl groups is 3. The first kappa shape index (κ1) is 34.0. The van der Waals surface area contributed by atoms with E-state index < -0.39 is 45.1 Å². The van der Waals surface area contributed by atoms with Gasteiger partial charge in [-0.25, -0.2) is 4.57 Å². The van der Waals surface area contributed by atoms with Crippen LogP contribution in [0, 0.1) is 46.3 Å². The summed E-state index contributed by atoms with van der Waals surface area (Å²) in [4.78, 5) is 18.1. The van der Waals surface area contributed by atoms with Crippen molar-refractivity contribution >= 4 is 7.82 Å². The monoisotopic (exact) mass is 628 g/mol. The van der Waals surface area contributed by atoms with E-state index in [0.717, 1.165) is 55.3 Å². The zero-order valence-corrected chi connectivity index (χ0v) is 27.7. The summed E-state index contributed by atoms with van der Waals surface area (Å²) in [5, 5.41) is 31.3. The van der Waals surface area contributed by atoms with Gasteiger partial charge in [-0.1, -0.05) is 65.5 Å². The van der Waals surface area contributed by atoms with Crippen LogP contribution in [0.25, 0.3) is 0 Å². The molecule has 10 heteroatoms. The molecule has 0 aromatic carbocycles. The van der Waals surface area contributed by atoms with E-state index in [2.05, 4.69) is 45.2 Å². The number of phosphoric ester groups is 1. The van der Waals surface area contributed by atoms with Gasteiger partial charge in [-0.3, -0.25) is 4.52 Å². The molecule has 13 atom stereocenters. The van der Waals surface area contributed by atoms with Crippen molar-refractivity contribution in [2.24, 2.45) is 46.3 Å². The number of hydrogen-bond acceptors (Lipinski definition) is 7. The fraction of sp³-hybridized carbons (Fsp3) is 0.939. The van der Waals surface area contributed by atoms with Gasteiger partial charge in [0, 0.05) is 0 Å². The molecule has 0 radical (unpaired) electrons. The lowest BCUT2D eigenvalue weighted by Crippen LogP contribution is -2.60. The van der Waals surface area contributed by atoms with Crippen molar-refractivity contribution in [2.75, 3.05) is 6.61 Å². The Morgan fingerprint density at radius 2 is 1.72 bits per heavy atom. The molecule has 1 heterocycles. The van der Waals surface area contributed by atoms with Crippen LogP contribution in [0.2, 0.25) is 0 Å². The Morgan fingerprint density at radius 3 is 2.42 bits per heavy atom. The number of hydrogen-bond donors (Lipinski definition) is 5. The van der Waals surface area contributed by atoms with Crippen LogP contribution in [0.5, 0.6) is 0 Å². The summed E-state index contributed by atoms with van der Waals surface area (Å²) in [6.45, 7) is 11.6. The molecule has 0 unspecified atom stereocenters. The minimum absolute atomic E-state index is 0.132. The number of rotatable bonds is 10. The summed E-state index contributed by atoms with van der Waals surface area (Å²) in [6.07, 6.45) is 8.14. The van der Waals surface area contributed by atoms with Gasteiger partial charge < -0.3 is 34.6 Å². The summed E-state index contributed by atoms with van der Waals surface area (Å²) < 4.78 is 27.5. The summed E-state index contributed by atoms with van der Waals surface area (Å²) in [5.41, 5.74) is 2.00. The molecule has 0 aromatic rings. The Morgan fingerprint density at radius 1 is 0.977 bits per heavy atom. The molecular formula is C33H57O9P. The third-order valence-electron chi connectivity index (χ3n) is 12.7. The average molecular weight is 629 g/mol. The maximum Gasteiger partial charge on any atom is 0.469 e. The first-order chi connectivity index (χ1) is 20.1. The van der Waals surface area contributed by atoms with Crippen LogP contribution in [0.15, 0.2) is 11.6 Å². The Labute approximate surface area is 258 Å². The van der Waals surface area contributed by atoms with Crippen molar-refractivity contribution in [3.63, 3.8) is 0 Å². The van der Waals surface area contributed by atoms with Gasteiger partial charge in [-0.05, 0) is 97.7 Å². The highest BCUT2D eigenvalue weighted by Gasteiger charge is 2.59. The Kier molecular flexibility index (Phi) is 10.3. The molecule has 9 nitrogen and oxygen atoms in total. The van der Waals surface area contributed by atoms with Gasteiger partial charge in [-0.2, -0.15) is 0 Å². The molecule has 1 aliphatic heterocycles. The minimum Gasteiger partial charge on any atom is -0.387 e. The van der Waals surface area contributed by atoms with Gasteiger partial charge in [0.05, 0.1) is 12.7 Å². The molecule has 248 valence electrons. The fourth-order valence-corrected chi connectivity index (χ4v) is 10.6. The van der Waals surface area contributed by atoms with Gasteiger partial charge in [0.15, 0.2) is 6.29 Å². The SMILES string of the molecule is CC(C)CCC[C@@H](C)[C@H]1CC[C@H]2[C@@H]3CC=C4C[C@@H](O[C@H]5O[C@H](COP(=O)(O)O)[C@@H](O)[C@@H](O)[C@H]5O)CC[C@]4(C)[C@H]3CC[C@]12C. The molecule has 5 N–H and O–H groups in total. The number of ether oxygens (including phenoxy) is 2. The van der Waals surface area contributed by atoms with Gasteiger partial charge in [-0.15, -0.1) is 0 Å². The van der Waals surface area contributed by atoms with Crippen molar-refractivity contribution in [3.05, 3.63) is 11.6 Å². The number of phosphoric acid groups is 1. The summed E-state index contributed by atoms with van der Waals surface area (Å²) in [5.74, 6) is 4.60. The maximum atomic E-state index is 11.2. The van der Waals surface area contributed by atoms with Crippen LogP contribution >= 0.6 is 7.82 Å². The minimum atomic E-state index is -4.80. The van der Waals surface area contributed by atoms with Crippen molar-refractivity contribution < 1.29 is 43.7 Å². The Bertz CT molecular complexity index is 1050. The summed E-state index contributed by atoms with van der Waals surface area (Å²) in [6, 6.07) is 0. The van der Waals surface area contributed by atoms with Gasteiger partial charge >= 0.3 is 7.82 Å². The van der Waals surface area contributed by atoms with Gasteiger partial charge in [0.2, 0.25) is 0 Å². The molecule has 5 rings (SSSR count). The molecule has 0 amide bonds. The van der Waals surface area contributed by atoms with Crippen molar-refractivity contribution in [2.45, 2.75) is 142 Å². The summed E-state index contributed by atoms with van der Waals surface area (Å²) >= 11 is 0. The van der Waals surface area contributed by atoms with E-state index >= 15 is 0 Å². The molecule has 4 aliphatic carbocycles. The zero-order valence-electron chi connectivity index (χ0n) is 26.8. The molecule has 0 aromatic heterocycles. The van der Waals surface area contributed by atoms with E-state index in [1.807, 2.05) is 0 Å². The second-order valence-electron chi connectivity index (χ2n) is 15.6. The van der Waals surface area contributed by atoms with E-state index in [9.17, 15) is 19.9 Å². The smallest absolute Gasteiger partial charge is 0.387 e. The van der Waals surface area contributed by atoms with E-state index in [1.54, 1.807) is 0 Å². The molecule has 5 aliphatic rings. The predicted molar refractivity (Wildman–Crippen MR) is 163 cm³/mol. The van der Waals surface area contributed by atoms with Crippen LogP contribution < -0.4 is 0 Å². The van der Waals surface area contributed by atoms with E-state index in [4.69, 9.17) is 19.3 Å². The highest BCUT2D eigenvalue weighted by molar-refractivity contribution is 7.46. The maximum absolute atomic E-state index is 11.2. The van der Waals surface area contributed by atoms with E-state index in [0.29, 0.717) is 11.3 Å². The predicted octanol–water partition coefficient (Wildman–Crippen LogP) is 5.33. The third kappa shape index (κ3) is 6.87. The average Bonchev–Trinajstić information content (AvgIpc) is 3.29. The highest BCUT2D eigenvalue weighted by atomic mass is 31.2. The molecule has 4 fully saturated rings. The van der Waals surface area contributed by atoms with E-state index in [1.165, 1.54) is 50.5 Å². The highest BCUT2D eigenvalue weighted by Crippen LogP contribution is 2.67. The topological polar surface area (TPSA) is 146 Å². The molecule has 0 bridgehead atoms. The molecule has 0 spiro atoms. The Balaban J connectivity index is 1.22. The van der Waals surface area contributed by atoms with Crippen LogP contribution in [0.4, 0.5) is 0 Å². The second kappa shape index (κ2) is 13.0. The van der Waals surface area contributed by atoms with Gasteiger partial charge in [0.1, 0.15) is 24.4 Å². The second-order valence-corrected chi connectivity index (χ2v) is 16.8. The summed E-state index contributed by atoms with van der Waals surface area (Å²) in [7, 11) is -4.80. The lowest BCUT2D eigenvalue weighted by Gasteiger charge is -2.58. The Hall–Kier alpha value is -0.350. The first-order valence-electron chi connectivity index (χ1n) is 16.9. The standard InChI is InChI=1S/C33H57O9P/c1-19(2)7-6-8-20(3)24-11-12-25-23-10-9-21-17-22(13-15-32(21,4)26(23)14-16-33(24,25)5)41-31-30(36)29(35)28(34)27(42-31)18-40-43(37,38)39/h9,19-20,22-31,34-36H,6-8,10-18H2,1-5H3,(H2,37,38,39)/t20-,22+,23+,24-,25+,26+,27-,28-,29-,30-,31+,32+,33-/m1/s1. The fourth-order valence-electron chi connectivity index (χ4n) is 10.3. The number of aliphatic hydroxyl groups excluding tert-OH is 3. The van der Waals surface area contributed by atoms with Crippen molar-refractivity contribution in [3.8, 4) is 0 Å². The normalized spacial score (nSPS) is 45.7. The van der Waals surface area contributed by atoms with Crippen molar-refractivity contribution in [1.82, 2.24) is 0 Å². The number of allylic oxidation sites excluding steroid dienone is 1.